The van der Waals surface area contributed by atoms with Crippen LogP contribution in [-0.2, 0) is 4.74 Å². The molecule has 0 N–H and O–H groups in total. The Labute approximate surface area is 99.8 Å². The lowest BCUT2D eigenvalue weighted by molar-refractivity contribution is 0.129. The van der Waals surface area contributed by atoms with Crippen LogP contribution in [-0.4, -0.2) is 23.4 Å². The molecule has 0 radical (unpaired) electrons. The van der Waals surface area contributed by atoms with Crippen LogP contribution in [0.15, 0.2) is 17.2 Å². The highest BCUT2D eigenvalue weighted by atomic mass is 32.2. The molecule has 0 bridgehead atoms. The van der Waals surface area contributed by atoms with Crippen molar-refractivity contribution in [3.05, 3.63) is 23.4 Å². The van der Waals surface area contributed by atoms with E-state index in [1.54, 1.807) is 11.8 Å². The molecule has 0 saturated carbocycles. The van der Waals surface area contributed by atoms with Crippen LogP contribution < -0.4 is 0 Å². The van der Waals surface area contributed by atoms with E-state index in [1.165, 1.54) is 0 Å². The number of aromatic nitrogens is 1. The fourth-order valence-corrected chi connectivity index (χ4v) is 2.76. The molecule has 0 amide bonds. The number of pyridine rings is 1. The van der Waals surface area contributed by atoms with E-state index in [2.05, 4.69) is 11.1 Å². The summed E-state index contributed by atoms with van der Waals surface area (Å²) in [6, 6.07) is 5.88. The van der Waals surface area contributed by atoms with Crippen LogP contribution >= 0.6 is 11.8 Å². The predicted octanol–water partition coefficient (Wildman–Crippen LogP) is 2.53. The summed E-state index contributed by atoms with van der Waals surface area (Å²) in [6.07, 6.45) is 2.61. The van der Waals surface area contributed by atoms with Gasteiger partial charge in [-0.2, -0.15) is 5.26 Å². The van der Waals surface area contributed by atoms with Gasteiger partial charge in [-0.1, -0.05) is 0 Å². The Morgan fingerprint density at radius 3 is 3.19 bits per heavy atom. The van der Waals surface area contributed by atoms with Crippen molar-refractivity contribution in [2.24, 2.45) is 0 Å². The van der Waals surface area contributed by atoms with E-state index >= 15 is 0 Å². The minimum atomic E-state index is 0.332. The Morgan fingerprint density at radius 1 is 1.62 bits per heavy atom. The monoisotopic (exact) mass is 234 g/mol. The molecular formula is C12H14N2OS. The minimum Gasteiger partial charge on any atom is -0.377 e. The Hall–Kier alpha value is -1.05. The van der Waals surface area contributed by atoms with Gasteiger partial charge in [-0.15, -0.1) is 11.8 Å². The molecule has 1 aromatic rings. The summed E-state index contributed by atoms with van der Waals surface area (Å²) in [4.78, 5) is 4.39. The molecule has 2 heterocycles. The van der Waals surface area contributed by atoms with Gasteiger partial charge < -0.3 is 4.74 Å². The number of thioether (sulfide) groups is 1. The van der Waals surface area contributed by atoms with Gasteiger partial charge in [-0.25, -0.2) is 4.98 Å². The SMILES string of the molecule is Cc1ccc(C#N)c(SCC2CCCO2)n1. The van der Waals surface area contributed by atoms with Crippen molar-refractivity contribution < 1.29 is 4.74 Å². The van der Waals surface area contributed by atoms with Crippen LogP contribution in [0, 0.1) is 18.3 Å². The van der Waals surface area contributed by atoms with Gasteiger partial charge in [0.25, 0.3) is 0 Å². The molecule has 1 aromatic heterocycles. The van der Waals surface area contributed by atoms with E-state index in [-0.39, 0.29) is 0 Å². The number of ether oxygens (including phenoxy) is 1. The molecule has 84 valence electrons. The van der Waals surface area contributed by atoms with Gasteiger partial charge in [0.15, 0.2) is 0 Å². The average molecular weight is 234 g/mol. The van der Waals surface area contributed by atoms with Crippen LogP contribution in [0.4, 0.5) is 0 Å². The van der Waals surface area contributed by atoms with Gasteiger partial charge in [0.1, 0.15) is 11.1 Å². The summed E-state index contributed by atoms with van der Waals surface area (Å²) in [7, 11) is 0. The lowest BCUT2D eigenvalue weighted by atomic mass is 10.3. The number of hydrogen-bond donors (Lipinski definition) is 0. The highest BCUT2D eigenvalue weighted by Crippen LogP contribution is 2.25. The van der Waals surface area contributed by atoms with Gasteiger partial charge in [0, 0.05) is 18.1 Å². The largest absolute Gasteiger partial charge is 0.377 e. The van der Waals surface area contributed by atoms with Crippen LogP contribution in [0.2, 0.25) is 0 Å². The highest BCUT2D eigenvalue weighted by Gasteiger charge is 2.16. The zero-order chi connectivity index (χ0) is 11.4. The van der Waals surface area contributed by atoms with E-state index in [0.717, 1.165) is 35.9 Å². The molecule has 1 saturated heterocycles. The Bertz CT molecular complexity index is 408. The Kier molecular flexibility index (Phi) is 3.81. The molecule has 1 aliphatic rings. The van der Waals surface area contributed by atoms with Crippen LogP contribution in [0.5, 0.6) is 0 Å². The molecule has 1 unspecified atom stereocenters. The highest BCUT2D eigenvalue weighted by molar-refractivity contribution is 7.99. The first-order valence-corrected chi connectivity index (χ1v) is 6.40. The zero-order valence-corrected chi connectivity index (χ0v) is 10.1. The van der Waals surface area contributed by atoms with Crippen molar-refractivity contribution in [1.82, 2.24) is 4.98 Å². The third-order valence-electron chi connectivity index (χ3n) is 2.55. The predicted molar refractivity (Wildman–Crippen MR) is 63.4 cm³/mol. The topological polar surface area (TPSA) is 45.9 Å². The van der Waals surface area contributed by atoms with Crippen molar-refractivity contribution in [3.8, 4) is 6.07 Å². The molecule has 1 fully saturated rings. The molecule has 3 nitrogen and oxygen atoms in total. The smallest absolute Gasteiger partial charge is 0.114 e. The number of nitriles is 1. The van der Waals surface area contributed by atoms with Crippen molar-refractivity contribution in [2.45, 2.75) is 30.9 Å². The second-order valence-electron chi connectivity index (χ2n) is 3.86. The summed E-state index contributed by atoms with van der Waals surface area (Å²) in [5.74, 6) is 0.894. The van der Waals surface area contributed by atoms with E-state index in [1.807, 2.05) is 19.1 Å². The summed E-state index contributed by atoms with van der Waals surface area (Å²) in [5, 5.41) is 9.80. The zero-order valence-electron chi connectivity index (χ0n) is 9.27. The standard InChI is InChI=1S/C12H14N2OS/c1-9-4-5-10(7-13)12(14-9)16-8-11-3-2-6-15-11/h4-5,11H,2-3,6,8H2,1H3. The summed E-state index contributed by atoms with van der Waals surface area (Å²) in [6.45, 7) is 2.81. The van der Waals surface area contributed by atoms with Gasteiger partial charge in [0.2, 0.25) is 0 Å². The summed E-state index contributed by atoms with van der Waals surface area (Å²) in [5.41, 5.74) is 1.61. The maximum atomic E-state index is 8.97. The number of rotatable bonds is 3. The third kappa shape index (κ3) is 2.75. The molecule has 1 aliphatic heterocycles. The first-order chi connectivity index (χ1) is 7.79. The number of aryl methyl sites for hydroxylation is 1. The van der Waals surface area contributed by atoms with E-state index in [4.69, 9.17) is 10.00 Å². The summed E-state index contributed by atoms with van der Waals surface area (Å²) < 4.78 is 5.55. The minimum absolute atomic E-state index is 0.332. The number of nitrogens with zero attached hydrogens (tertiary/aromatic N) is 2. The van der Waals surface area contributed by atoms with Crippen molar-refractivity contribution in [1.29, 1.82) is 5.26 Å². The third-order valence-corrected chi connectivity index (χ3v) is 3.67. The van der Waals surface area contributed by atoms with Gasteiger partial charge in [-0.05, 0) is 31.9 Å². The molecule has 4 heteroatoms. The molecule has 1 atom stereocenters. The van der Waals surface area contributed by atoms with E-state index in [0.29, 0.717) is 11.7 Å². The van der Waals surface area contributed by atoms with Gasteiger partial charge in [0.05, 0.1) is 11.7 Å². The average Bonchev–Trinajstić information content (AvgIpc) is 2.79. The molecule has 0 aromatic carbocycles. The lowest BCUT2D eigenvalue weighted by Crippen LogP contribution is -2.08. The summed E-state index contributed by atoms with van der Waals surface area (Å²) >= 11 is 1.62. The first kappa shape index (κ1) is 11.4. The fraction of sp³-hybridized carbons (Fsp3) is 0.500. The fourth-order valence-electron chi connectivity index (χ4n) is 1.68. The van der Waals surface area contributed by atoms with Crippen LogP contribution in [0.3, 0.4) is 0 Å². The Morgan fingerprint density at radius 2 is 2.50 bits per heavy atom. The molecule has 0 aliphatic carbocycles. The lowest BCUT2D eigenvalue weighted by Gasteiger charge is -2.09. The second-order valence-corrected chi connectivity index (χ2v) is 4.87. The molecule has 2 rings (SSSR count). The van der Waals surface area contributed by atoms with Crippen molar-refractivity contribution >= 4 is 11.8 Å². The van der Waals surface area contributed by atoms with Gasteiger partial charge >= 0.3 is 0 Å². The van der Waals surface area contributed by atoms with Crippen LogP contribution in [0.25, 0.3) is 0 Å². The maximum absolute atomic E-state index is 8.97. The van der Waals surface area contributed by atoms with E-state index < -0.39 is 0 Å². The molecule has 16 heavy (non-hydrogen) atoms. The quantitative estimate of drug-likeness (QED) is 0.754. The van der Waals surface area contributed by atoms with Gasteiger partial charge in [-0.3, -0.25) is 0 Å². The number of hydrogen-bond acceptors (Lipinski definition) is 4. The maximum Gasteiger partial charge on any atom is 0.114 e. The normalized spacial score (nSPS) is 19.6. The Balaban J connectivity index is 2.02. The molecular weight excluding hydrogens is 220 g/mol. The van der Waals surface area contributed by atoms with Crippen molar-refractivity contribution in [3.63, 3.8) is 0 Å². The first-order valence-electron chi connectivity index (χ1n) is 5.42. The van der Waals surface area contributed by atoms with Crippen molar-refractivity contribution in [2.75, 3.05) is 12.4 Å². The van der Waals surface area contributed by atoms with E-state index in [9.17, 15) is 0 Å². The second kappa shape index (κ2) is 5.33. The molecule has 0 spiro atoms. The van der Waals surface area contributed by atoms with Crippen LogP contribution in [0.1, 0.15) is 24.1 Å².